The highest BCUT2D eigenvalue weighted by atomic mass is 35.5. The van der Waals surface area contributed by atoms with Crippen LogP contribution in [0.25, 0.3) is 5.52 Å². The first-order valence-corrected chi connectivity index (χ1v) is 5.68. The van der Waals surface area contributed by atoms with E-state index in [-0.39, 0.29) is 11.9 Å². The van der Waals surface area contributed by atoms with Gasteiger partial charge in [0.1, 0.15) is 5.82 Å². The summed E-state index contributed by atoms with van der Waals surface area (Å²) in [7, 11) is 1.35. The number of rotatable bonds is 2. The van der Waals surface area contributed by atoms with Gasteiger partial charge in [-0.25, -0.2) is 9.78 Å². The van der Waals surface area contributed by atoms with Gasteiger partial charge in [0.25, 0.3) is 0 Å². The average molecular weight is 253 g/mol. The van der Waals surface area contributed by atoms with Gasteiger partial charge in [-0.2, -0.15) is 0 Å². The van der Waals surface area contributed by atoms with Gasteiger partial charge in [-0.3, -0.25) is 0 Å². The molecular formula is C12H13ClN2O2. The molecule has 17 heavy (non-hydrogen) atoms. The molecule has 0 radical (unpaired) electrons. The highest BCUT2D eigenvalue weighted by molar-refractivity contribution is 6.32. The molecular weight excluding hydrogens is 240 g/mol. The van der Waals surface area contributed by atoms with E-state index >= 15 is 0 Å². The number of ether oxygens (including phenoxy) is 1. The lowest BCUT2D eigenvalue weighted by Gasteiger charge is -2.05. The van der Waals surface area contributed by atoms with Gasteiger partial charge in [0.15, 0.2) is 5.15 Å². The molecule has 90 valence electrons. The van der Waals surface area contributed by atoms with Crippen LogP contribution in [-0.4, -0.2) is 22.5 Å². The van der Waals surface area contributed by atoms with E-state index in [0.29, 0.717) is 10.7 Å². The van der Waals surface area contributed by atoms with Gasteiger partial charge in [-0.15, -0.1) is 0 Å². The Balaban J connectivity index is 2.63. The quantitative estimate of drug-likeness (QED) is 0.772. The first kappa shape index (κ1) is 11.9. The monoisotopic (exact) mass is 252 g/mol. The molecule has 0 aliphatic heterocycles. The number of carbonyl (C=O) groups is 1. The Labute approximate surface area is 104 Å². The lowest BCUT2D eigenvalue weighted by molar-refractivity contribution is 0.0601. The minimum Gasteiger partial charge on any atom is -0.465 e. The maximum atomic E-state index is 11.4. The van der Waals surface area contributed by atoms with Crippen LogP contribution in [0.15, 0.2) is 18.3 Å². The van der Waals surface area contributed by atoms with Gasteiger partial charge in [-0.1, -0.05) is 25.4 Å². The molecule has 4 nitrogen and oxygen atoms in total. The van der Waals surface area contributed by atoms with Crippen LogP contribution in [-0.2, 0) is 4.74 Å². The van der Waals surface area contributed by atoms with Crippen LogP contribution in [0.2, 0.25) is 5.15 Å². The molecule has 2 aromatic rings. The summed E-state index contributed by atoms with van der Waals surface area (Å²) in [6, 6.07) is 3.38. The Morgan fingerprint density at radius 3 is 2.82 bits per heavy atom. The highest BCUT2D eigenvalue weighted by Crippen LogP contribution is 2.24. The molecule has 0 N–H and O–H groups in total. The molecule has 0 saturated carbocycles. The predicted octanol–water partition coefficient (Wildman–Crippen LogP) is 2.90. The minimum absolute atomic E-state index is 0.263. The van der Waals surface area contributed by atoms with Gasteiger partial charge in [0.05, 0.1) is 18.2 Å². The minimum atomic E-state index is -0.379. The number of nitrogens with zero attached hydrogens (tertiary/aromatic N) is 2. The zero-order valence-corrected chi connectivity index (χ0v) is 10.7. The van der Waals surface area contributed by atoms with E-state index in [9.17, 15) is 4.79 Å². The molecule has 0 amide bonds. The standard InChI is InChI=1S/C12H13ClN2O2/c1-7(2)11-14-10(13)9-6-8(12(16)17-3)4-5-15(9)11/h4-7H,1-3H3. The molecule has 0 aliphatic carbocycles. The molecule has 5 heteroatoms. The summed E-state index contributed by atoms with van der Waals surface area (Å²) in [6.45, 7) is 4.08. The van der Waals surface area contributed by atoms with Gasteiger partial charge in [0, 0.05) is 12.1 Å². The predicted molar refractivity (Wildman–Crippen MR) is 65.6 cm³/mol. The van der Waals surface area contributed by atoms with Crippen molar-refractivity contribution in [3.63, 3.8) is 0 Å². The second-order valence-corrected chi connectivity index (χ2v) is 4.44. The maximum absolute atomic E-state index is 11.4. The maximum Gasteiger partial charge on any atom is 0.337 e. The fourth-order valence-corrected chi connectivity index (χ4v) is 1.95. The van der Waals surface area contributed by atoms with E-state index in [1.54, 1.807) is 18.3 Å². The molecule has 0 atom stereocenters. The largest absolute Gasteiger partial charge is 0.465 e. The van der Waals surface area contributed by atoms with E-state index in [2.05, 4.69) is 9.72 Å². The van der Waals surface area contributed by atoms with Gasteiger partial charge >= 0.3 is 5.97 Å². The number of pyridine rings is 1. The second-order valence-electron chi connectivity index (χ2n) is 4.08. The zero-order valence-electron chi connectivity index (χ0n) is 9.90. The van der Waals surface area contributed by atoms with Crippen LogP contribution in [0, 0.1) is 0 Å². The number of esters is 1. The summed E-state index contributed by atoms with van der Waals surface area (Å²) < 4.78 is 6.56. The van der Waals surface area contributed by atoms with Crippen molar-refractivity contribution in [1.82, 2.24) is 9.38 Å². The topological polar surface area (TPSA) is 43.6 Å². The van der Waals surface area contributed by atoms with Crippen molar-refractivity contribution in [1.29, 1.82) is 0 Å². The third kappa shape index (κ3) is 2.00. The van der Waals surface area contributed by atoms with E-state index in [1.165, 1.54) is 7.11 Å². The van der Waals surface area contributed by atoms with E-state index in [1.807, 2.05) is 18.2 Å². The number of hydrogen-bond acceptors (Lipinski definition) is 3. The molecule has 0 spiro atoms. The first-order chi connectivity index (χ1) is 8.04. The van der Waals surface area contributed by atoms with Crippen molar-refractivity contribution in [3.8, 4) is 0 Å². The SMILES string of the molecule is COC(=O)c1ccn2c(C(C)C)nc(Cl)c2c1. The molecule has 0 unspecified atom stereocenters. The normalized spacial score (nSPS) is 11.1. The fourth-order valence-electron chi connectivity index (χ4n) is 1.72. The number of aromatic nitrogens is 2. The van der Waals surface area contributed by atoms with Crippen molar-refractivity contribution in [3.05, 3.63) is 34.9 Å². The summed E-state index contributed by atoms with van der Waals surface area (Å²) >= 11 is 6.06. The summed E-state index contributed by atoms with van der Waals surface area (Å²) in [6.07, 6.45) is 1.79. The average Bonchev–Trinajstić information content (AvgIpc) is 2.65. The fraction of sp³-hybridized carbons (Fsp3) is 0.333. The molecule has 0 saturated heterocycles. The Morgan fingerprint density at radius 1 is 1.53 bits per heavy atom. The Hall–Kier alpha value is -1.55. The molecule has 0 bridgehead atoms. The smallest absolute Gasteiger partial charge is 0.337 e. The number of imidazole rings is 1. The van der Waals surface area contributed by atoms with Crippen LogP contribution in [0.3, 0.4) is 0 Å². The molecule has 2 aromatic heterocycles. The van der Waals surface area contributed by atoms with Gasteiger partial charge in [-0.05, 0) is 12.1 Å². The van der Waals surface area contributed by atoms with Gasteiger partial charge in [0.2, 0.25) is 0 Å². The Bertz CT molecular complexity index is 575. The third-order valence-electron chi connectivity index (χ3n) is 2.56. The molecule has 0 aliphatic rings. The number of halogens is 1. The zero-order chi connectivity index (χ0) is 12.6. The van der Waals surface area contributed by atoms with Crippen molar-refractivity contribution >= 4 is 23.1 Å². The lowest BCUT2D eigenvalue weighted by atomic mass is 10.2. The highest BCUT2D eigenvalue weighted by Gasteiger charge is 2.14. The molecule has 0 fully saturated rings. The van der Waals surface area contributed by atoms with Crippen LogP contribution in [0.5, 0.6) is 0 Å². The number of carbonyl (C=O) groups excluding carboxylic acids is 1. The Morgan fingerprint density at radius 2 is 2.24 bits per heavy atom. The molecule has 2 rings (SSSR count). The third-order valence-corrected chi connectivity index (χ3v) is 2.84. The molecule has 0 aromatic carbocycles. The van der Waals surface area contributed by atoms with Crippen molar-refractivity contribution < 1.29 is 9.53 Å². The number of hydrogen-bond donors (Lipinski definition) is 0. The van der Waals surface area contributed by atoms with Crippen molar-refractivity contribution in [2.75, 3.05) is 7.11 Å². The summed E-state index contributed by atoms with van der Waals surface area (Å²) in [5.41, 5.74) is 1.19. The van der Waals surface area contributed by atoms with Crippen molar-refractivity contribution in [2.45, 2.75) is 19.8 Å². The van der Waals surface area contributed by atoms with Crippen LogP contribution < -0.4 is 0 Å². The van der Waals surface area contributed by atoms with Crippen LogP contribution in [0.1, 0.15) is 35.9 Å². The summed E-state index contributed by atoms with van der Waals surface area (Å²) in [5, 5.41) is 0.402. The summed E-state index contributed by atoms with van der Waals surface area (Å²) in [5.74, 6) is 0.760. The number of methoxy groups -OCH3 is 1. The first-order valence-electron chi connectivity index (χ1n) is 5.30. The van der Waals surface area contributed by atoms with Crippen LogP contribution in [0.4, 0.5) is 0 Å². The van der Waals surface area contributed by atoms with E-state index < -0.39 is 0 Å². The molecule has 2 heterocycles. The van der Waals surface area contributed by atoms with E-state index in [4.69, 9.17) is 11.6 Å². The van der Waals surface area contributed by atoms with E-state index in [0.717, 1.165) is 11.3 Å². The Kier molecular flexibility index (Phi) is 3.07. The number of fused-ring (bicyclic) bond motifs is 1. The van der Waals surface area contributed by atoms with Gasteiger partial charge < -0.3 is 9.14 Å². The lowest BCUT2D eigenvalue weighted by Crippen LogP contribution is -2.03. The summed E-state index contributed by atoms with van der Waals surface area (Å²) in [4.78, 5) is 15.7. The second kappa shape index (κ2) is 4.37. The van der Waals surface area contributed by atoms with Crippen LogP contribution >= 0.6 is 11.6 Å². The van der Waals surface area contributed by atoms with Crippen molar-refractivity contribution in [2.24, 2.45) is 0 Å².